The van der Waals surface area contributed by atoms with Gasteiger partial charge in [-0.3, -0.25) is 4.79 Å². The molecular weight excluding hydrogens is 263 g/mol. The van der Waals surface area contributed by atoms with Crippen molar-refractivity contribution in [2.24, 2.45) is 0 Å². The van der Waals surface area contributed by atoms with Crippen LogP contribution < -0.4 is 0 Å². The zero-order valence-corrected chi connectivity index (χ0v) is 10.8. The van der Waals surface area contributed by atoms with Gasteiger partial charge >= 0.3 is 5.97 Å². The molecule has 0 aliphatic rings. The van der Waals surface area contributed by atoms with E-state index in [4.69, 9.17) is 23.2 Å². The molecule has 1 aromatic carbocycles. The summed E-state index contributed by atoms with van der Waals surface area (Å²) in [6.45, 7) is 0. The van der Waals surface area contributed by atoms with Gasteiger partial charge in [-0.1, -0.05) is 12.1 Å². The lowest BCUT2D eigenvalue weighted by Crippen LogP contribution is -2.13. The van der Waals surface area contributed by atoms with E-state index in [0.717, 1.165) is 0 Å². The Morgan fingerprint density at radius 3 is 2.53 bits per heavy atom. The number of hydrogen-bond acceptors (Lipinski definition) is 3. The molecule has 0 atom stereocenters. The summed E-state index contributed by atoms with van der Waals surface area (Å²) in [4.78, 5) is 23.5. The molecule has 0 amide bonds. The van der Waals surface area contributed by atoms with Gasteiger partial charge in [0.05, 0.1) is 12.7 Å². The molecule has 0 aromatic heterocycles. The Kier molecular flexibility index (Phi) is 5.45. The molecule has 0 bridgehead atoms. The summed E-state index contributed by atoms with van der Waals surface area (Å²) in [7, 11) is 1.27. The molecule has 0 unspecified atom stereocenters. The van der Waals surface area contributed by atoms with Crippen molar-refractivity contribution in [1.29, 1.82) is 0 Å². The zero-order valence-electron chi connectivity index (χ0n) is 9.33. The van der Waals surface area contributed by atoms with Crippen LogP contribution in [0.5, 0.6) is 0 Å². The number of Topliss-reactive ketones (excluding diaryl/α,β-unsaturated/α-hetero) is 1. The Hall–Kier alpha value is -1.06. The largest absolute Gasteiger partial charge is 0.465 e. The molecule has 0 saturated heterocycles. The number of benzene rings is 1. The van der Waals surface area contributed by atoms with Gasteiger partial charge in [-0.2, -0.15) is 0 Å². The molecule has 17 heavy (non-hydrogen) atoms. The fourth-order valence-electron chi connectivity index (χ4n) is 1.53. The fourth-order valence-corrected chi connectivity index (χ4v) is 1.93. The first kappa shape index (κ1) is 14.0. The molecule has 1 rings (SSSR count). The van der Waals surface area contributed by atoms with Crippen molar-refractivity contribution in [3.8, 4) is 0 Å². The monoisotopic (exact) mass is 274 g/mol. The minimum Gasteiger partial charge on any atom is -0.465 e. The summed E-state index contributed by atoms with van der Waals surface area (Å²) in [6, 6.07) is 4.92. The molecule has 0 spiro atoms. The number of carbonyl (C=O) groups is 2. The number of rotatable bonds is 5. The zero-order chi connectivity index (χ0) is 12.8. The predicted octanol–water partition coefficient (Wildman–Crippen LogP) is 3.02. The number of esters is 1. The SMILES string of the molecule is COC(=O)c1cccc(CCl)c1C(=O)CCCl. The predicted molar refractivity (Wildman–Crippen MR) is 67.0 cm³/mol. The second-order valence-corrected chi connectivity index (χ2v) is 3.97. The van der Waals surface area contributed by atoms with Crippen LogP contribution in [0.25, 0.3) is 0 Å². The van der Waals surface area contributed by atoms with Crippen LogP contribution in [-0.4, -0.2) is 24.7 Å². The summed E-state index contributed by atoms with van der Waals surface area (Å²) < 4.78 is 4.64. The van der Waals surface area contributed by atoms with Crippen molar-refractivity contribution in [3.63, 3.8) is 0 Å². The van der Waals surface area contributed by atoms with Crippen molar-refractivity contribution in [2.45, 2.75) is 12.3 Å². The number of ketones is 1. The van der Waals surface area contributed by atoms with Gasteiger partial charge in [0.15, 0.2) is 5.78 Å². The minimum atomic E-state index is -0.546. The van der Waals surface area contributed by atoms with Gasteiger partial charge in [0.25, 0.3) is 0 Å². The summed E-state index contributed by atoms with van der Waals surface area (Å²) >= 11 is 11.3. The number of halogens is 2. The van der Waals surface area contributed by atoms with E-state index >= 15 is 0 Å². The van der Waals surface area contributed by atoms with Gasteiger partial charge in [0.1, 0.15) is 0 Å². The van der Waals surface area contributed by atoms with Crippen molar-refractivity contribution >= 4 is 35.0 Å². The maximum absolute atomic E-state index is 11.9. The van der Waals surface area contributed by atoms with Gasteiger partial charge in [0.2, 0.25) is 0 Å². The van der Waals surface area contributed by atoms with E-state index in [9.17, 15) is 9.59 Å². The summed E-state index contributed by atoms with van der Waals surface area (Å²) in [5.74, 6) is -0.379. The highest BCUT2D eigenvalue weighted by Crippen LogP contribution is 2.20. The van der Waals surface area contributed by atoms with Crippen LogP contribution in [0.15, 0.2) is 18.2 Å². The van der Waals surface area contributed by atoms with Crippen molar-refractivity contribution in [1.82, 2.24) is 0 Å². The summed E-state index contributed by atoms with van der Waals surface area (Å²) in [6.07, 6.45) is 0.166. The van der Waals surface area contributed by atoms with Crippen LogP contribution in [0.2, 0.25) is 0 Å². The Morgan fingerprint density at radius 1 is 1.29 bits per heavy atom. The smallest absolute Gasteiger partial charge is 0.338 e. The molecule has 0 aliphatic carbocycles. The lowest BCUT2D eigenvalue weighted by atomic mass is 9.97. The van der Waals surface area contributed by atoms with Crippen molar-refractivity contribution in [3.05, 3.63) is 34.9 Å². The van der Waals surface area contributed by atoms with E-state index in [2.05, 4.69) is 4.74 Å². The van der Waals surface area contributed by atoms with E-state index in [-0.39, 0.29) is 29.5 Å². The fraction of sp³-hybridized carbons (Fsp3) is 0.333. The molecule has 0 heterocycles. The molecule has 0 radical (unpaired) electrons. The van der Waals surface area contributed by atoms with Crippen LogP contribution in [0.4, 0.5) is 0 Å². The van der Waals surface area contributed by atoms with Crippen LogP contribution in [0.3, 0.4) is 0 Å². The highest BCUT2D eigenvalue weighted by Gasteiger charge is 2.20. The highest BCUT2D eigenvalue weighted by atomic mass is 35.5. The number of alkyl halides is 2. The number of carbonyl (C=O) groups excluding carboxylic acids is 2. The van der Waals surface area contributed by atoms with Crippen LogP contribution in [-0.2, 0) is 10.6 Å². The third kappa shape index (κ3) is 3.20. The Labute approximate surface area is 110 Å². The Bertz CT molecular complexity index is 430. The number of ether oxygens (including phenoxy) is 1. The maximum atomic E-state index is 11.9. The normalized spacial score (nSPS) is 10.1. The quantitative estimate of drug-likeness (QED) is 0.471. The average molecular weight is 275 g/mol. The second-order valence-electron chi connectivity index (χ2n) is 3.33. The molecule has 0 aliphatic heterocycles. The third-order valence-corrected chi connectivity index (χ3v) is 2.78. The Balaban J connectivity index is 3.30. The van der Waals surface area contributed by atoms with E-state index in [0.29, 0.717) is 11.1 Å². The molecule has 1 aromatic rings. The molecule has 0 fully saturated rings. The lowest BCUT2D eigenvalue weighted by Gasteiger charge is -2.10. The Morgan fingerprint density at radius 2 is 2.00 bits per heavy atom. The molecule has 0 saturated carbocycles. The topological polar surface area (TPSA) is 43.4 Å². The van der Waals surface area contributed by atoms with Gasteiger partial charge in [-0.15, -0.1) is 23.2 Å². The standard InChI is InChI=1S/C12H12Cl2O3/c1-17-12(16)9-4-2-3-8(7-14)11(9)10(15)5-6-13/h2-4H,5-7H2,1H3. The van der Waals surface area contributed by atoms with E-state index in [1.165, 1.54) is 7.11 Å². The molecule has 92 valence electrons. The van der Waals surface area contributed by atoms with E-state index < -0.39 is 5.97 Å². The number of methoxy groups -OCH3 is 1. The molecule has 5 heteroatoms. The third-order valence-electron chi connectivity index (χ3n) is 2.30. The maximum Gasteiger partial charge on any atom is 0.338 e. The number of hydrogen-bond donors (Lipinski definition) is 0. The van der Waals surface area contributed by atoms with Gasteiger partial charge in [-0.25, -0.2) is 4.79 Å². The van der Waals surface area contributed by atoms with Gasteiger partial charge in [-0.05, 0) is 11.6 Å². The van der Waals surface area contributed by atoms with E-state index in [1.807, 2.05) is 0 Å². The van der Waals surface area contributed by atoms with Crippen molar-refractivity contribution < 1.29 is 14.3 Å². The van der Waals surface area contributed by atoms with Crippen LogP contribution in [0, 0.1) is 0 Å². The molecular formula is C12H12Cl2O3. The van der Waals surface area contributed by atoms with Crippen molar-refractivity contribution in [2.75, 3.05) is 13.0 Å². The highest BCUT2D eigenvalue weighted by molar-refractivity contribution is 6.21. The average Bonchev–Trinajstić information content (AvgIpc) is 2.37. The van der Waals surface area contributed by atoms with Crippen LogP contribution >= 0.6 is 23.2 Å². The molecule has 3 nitrogen and oxygen atoms in total. The first-order chi connectivity index (χ1) is 8.15. The first-order valence-electron chi connectivity index (χ1n) is 5.01. The second kappa shape index (κ2) is 6.62. The van der Waals surface area contributed by atoms with Gasteiger partial charge in [0, 0.05) is 23.7 Å². The summed E-state index contributed by atoms with van der Waals surface area (Å²) in [5.41, 5.74) is 1.17. The molecule has 0 N–H and O–H groups in total. The van der Waals surface area contributed by atoms with Crippen LogP contribution in [0.1, 0.15) is 32.7 Å². The lowest BCUT2D eigenvalue weighted by molar-refractivity contribution is 0.0597. The first-order valence-corrected chi connectivity index (χ1v) is 6.08. The summed E-state index contributed by atoms with van der Waals surface area (Å²) in [5, 5.41) is 0. The minimum absolute atomic E-state index is 0.161. The van der Waals surface area contributed by atoms with E-state index in [1.54, 1.807) is 18.2 Å². The van der Waals surface area contributed by atoms with Gasteiger partial charge < -0.3 is 4.74 Å².